The zero-order chi connectivity index (χ0) is 10.7. The Hall–Kier alpha value is -1.02. The summed E-state index contributed by atoms with van der Waals surface area (Å²) in [6.07, 6.45) is 0. The molecule has 3 heteroatoms. The summed E-state index contributed by atoms with van der Waals surface area (Å²) in [7, 11) is 0. The summed E-state index contributed by atoms with van der Waals surface area (Å²) in [5.41, 5.74) is 1.34. The maximum absolute atomic E-state index is 11.3. The van der Waals surface area contributed by atoms with Crippen LogP contribution in [0.5, 0.6) is 5.75 Å². The molecule has 1 rings (SSSR count). The smallest absolute Gasteiger partial charge is 0.177 e. The Morgan fingerprint density at radius 3 is 2.64 bits per heavy atom. The Labute approximate surface area is 88.5 Å². The fourth-order valence-electron chi connectivity index (χ4n) is 1.27. The van der Waals surface area contributed by atoms with Gasteiger partial charge >= 0.3 is 0 Å². The molecule has 0 aliphatic heterocycles. The number of aromatic hydroxyl groups is 1. The summed E-state index contributed by atoms with van der Waals surface area (Å²) in [4.78, 5) is 11.3. The molecule has 1 N–H and O–H groups in total. The van der Waals surface area contributed by atoms with Gasteiger partial charge in [0.25, 0.3) is 0 Å². The Morgan fingerprint density at radius 2 is 2.14 bits per heavy atom. The fourth-order valence-corrected chi connectivity index (χ4v) is 1.42. The predicted octanol–water partition coefficient (Wildman–Crippen LogP) is 2.94. The second kappa shape index (κ2) is 4.47. The standard InChI is InChI=1S/C11H13ClO2/c1-7(2)9-5-8(11(14)6-12)3-4-10(9)13/h3-5,7,13H,6H2,1-2H3. The average molecular weight is 213 g/mol. The van der Waals surface area contributed by atoms with E-state index in [0.29, 0.717) is 5.56 Å². The van der Waals surface area contributed by atoms with Crippen LogP contribution in [0.4, 0.5) is 0 Å². The monoisotopic (exact) mass is 212 g/mol. The Morgan fingerprint density at radius 1 is 1.50 bits per heavy atom. The summed E-state index contributed by atoms with van der Waals surface area (Å²) in [5.74, 6) is 0.278. The maximum Gasteiger partial charge on any atom is 0.177 e. The van der Waals surface area contributed by atoms with Gasteiger partial charge in [-0.1, -0.05) is 13.8 Å². The second-order valence-corrected chi connectivity index (χ2v) is 3.75. The highest BCUT2D eigenvalue weighted by atomic mass is 35.5. The van der Waals surface area contributed by atoms with Crippen molar-refractivity contribution in [2.75, 3.05) is 5.88 Å². The lowest BCUT2D eigenvalue weighted by Gasteiger charge is -2.09. The van der Waals surface area contributed by atoms with Crippen LogP contribution >= 0.6 is 11.6 Å². The van der Waals surface area contributed by atoms with Crippen LogP contribution in [0.1, 0.15) is 35.7 Å². The molecule has 0 aromatic heterocycles. The molecule has 2 nitrogen and oxygen atoms in total. The number of benzene rings is 1. The minimum absolute atomic E-state index is 0.0255. The molecule has 1 aromatic rings. The van der Waals surface area contributed by atoms with Crippen LogP contribution in [0.2, 0.25) is 0 Å². The van der Waals surface area contributed by atoms with Crippen LogP contribution in [-0.2, 0) is 0 Å². The zero-order valence-electron chi connectivity index (χ0n) is 8.25. The van der Waals surface area contributed by atoms with E-state index in [-0.39, 0.29) is 23.3 Å². The number of phenolic OH excluding ortho intramolecular Hbond substituents is 1. The van der Waals surface area contributed by atoms with E-state index in [1.54, 1.807) is 12.1 Å². The summed E-state index contributed by atoms with van der Waals surface area (Å²) in [6.45, 7) is 3.92. The number of phenols is 1. The SMILES string of the molecule is CC(C)c1cc(C(=O)CCl)ccc1O. The van der Waals surface area contributed by atoms with E-state index in [1.807, 2.05) is 13.8 Å². The number of ketones is 1. The number of rotatable bonds is 3. The lowest BCUT2D eigenvalue weighted by Crippen LogP contribution is -2.01. The molecule has 0 fully saturated rings. The molecule has 0 saturated carbocycles. The summed E-state index contributed by atoms with van der Waals surface area (Å²) >= 11 is 5.45. The quantitative estimate of drug-likeness (QED) is 0.618. The molecule has 0 radical (unpaired) electrons. The summed E-state index contributed by atoms with van der Waals surface area (Å²) in [6, 6.07) is 4.83. The van der Waals surface area contributed by atoms with Gasteiger partial charge in [0.05, 0.1) is 5.88 Å². The molecular weight excluding hydrogens is 200 g/mol. The Bertz CT molecular complexity index is 345. The summed E-state index contributed by atoms with van der Waals surface area (Å²) in [5, 5.41) is 9.52. The molecule has 0 aliphatic rings. The molecule has 0 spiro atoms. The highest BCUT2D eigenvalue weighted by molar-refractivity contribution is 6.30. The van der Waals surface area contributed by atoms with E-state index in [0.717, 1.165) is 5.56 Å². The van der Waals surface area contributed by atoms with E-state index in [1.165, 1.54) is 6.07 Å². The van der Waals surface area contributed by atoms with Gasteiger partial charge < -0.3 is 5.11 Å². The number of halogens is 1. The highest BCUT2D eigenvalue weighted by Gasteiger charge is 2.10. The first-order valence-corrected chi connectivity index (χ1v) is 5.01. The van der Waals surface area contributed by atoms with Gasteiger partial charge in [0.15, 0.2) is 5.78 Å². The largest absolute Gasteiger partial charge is 0.508 e. The Balaban J connectivity index is 3.13. The minimum Gasteiger partial charge on any atom is -0.508 e. The van der Waals surface area contributed by atoms with Crippen molar-refractivity contribution in [1.82, 2.24) is 0 Å². The van der Waals surface area contributed by atoms with Crippen molar-refractivity contribution >= 4 is 17.4 Å². The van der Waals surface area contributed by atoms with Crippen LogP contribution in [0.3, 0.4) is 0 Å². The normalized spacial score (nSPS) is 10.6. The lowest BCUT2D eigenvalue weighted by atomic mass is 9.98. The van der Waals surface area contributed by atoms with Crippen molar-refractivity contribution in [3.8, 4) is 5.75 Å². The van der Waals surface area contributed by atoms with Crippen molar-refractivity contribution in [3.63, 3.8) is 0 Å². The van der Waals surface area contributed by atoms with Crippen LogP contribution in [0, 0.1) is 0 Å². The second-order valence-electron chi connectivity index (χ2n) is 3.49. The predicted molar refractivity (Wildman–Crippen MR) is 57.2 cm³/mol. The zero-order valence-corrected chi connectivity index (χ0v) is 9.01. The van der Waals surface area contributed by atoms with Gasteiger partial charge in [0, 0.05) is 5.56 Å². The van der Waals surface area contributed by atoms with Gasteiger partial charge in [-0.05, 0) is 29.7 Å². The maximum atomic E-state index is 11.3. The van der Waals surface area contributed by atoms with Crippen LogP contribution in [-0.4, -0.2) is 16.8 Å². The van der Waals surface area contributed by atoms with Gasteiger partial charge in [0.2, 0.25) is 0 Å². The van der Waals surface area contributed by atoms with E-state index in [2.05, 4.69) is 0 Å². The van der Waals surface area contributed by atoms with E-state index >= 15 is 0 Å². The molecule has 0 aliphatic carbocycles. The summed E-state index contributed by atoms with van der Waals surface area (Å²) < 4.78 is 0. The number of carbonyl (C=O) groups excluding carboxylic acids is 1. The first kappa shape index (κ1) is 11.1. The third-order valence-electron chi connectivity index (χ3n) is 2.09. The van der Waals surface area contributed by atoms with Crippen molar-refractivity contribution in [3.05, 3.63) is 29.3 Å². The molecule has 0 heterocycles. The van der Waals surface area contributed by atoms with Crippen LogP contribution < -0.4 is 0 Å². The third kappa shape index (κ3) is 2.26. The van der Waals surface area contributed by atoms with Crippen LogP contribution in [0.25, 0.3) is 0 Å². The number of carbonyl (C=O) groups is 1. The van der Waals surface area contributed by atoms with Gasteiger partial charge in [-0.2, -0.15) is 0 Å². The van der Waals surface area contributed by atoms with E-state index in [9.17, 15) is 9.90 Å². The van der Waals surface area contributed by atoms with Gasteiger partial charge in [-0.25, -0.2) is 0 Å². The van der Waals surface area contributed by atoms with Gasteiger partial charge in [-0.3, -0.25) is 4.79 Å². The lowest BCUT2D eigenvalue weighted by molar-refractivity contribution is 0.102. The number of alkyl halides is 1. The highest BCUT2D eigenvalue weighted by Crippen LogP contribution is 2.26. The van der Waals surface area contributed by atoms with Gasteiger partial charge in [-0.15, -0.1) is 11.6 Å². The molecule has 0 atom stereocenters. The van der Waals surface area contributed by atoms with Gasteiger partial charge in [0.1, 0.15) is 5.75 Å². The van der Waals surface area contributed by atoms with E-state index in [4.69, 9.17) is 11.6 Å². The van der Waals surface area contributed by atoms with Crippen molar-refractivity contribution < 1.29 is 9.90 Å². The number of Topliss-reactive ketones (excluding diaryl/α,β-unsaturated/α-hetero) is 1. The molecule has 76 valence electrons. The van der Waals surface area contributed by atoms with Crippen LogP contribution in [0.15, 0.2) is 18.2 Å². The number of hydrogen-bond acceptors (Lipinski definition) is 2. The first-order chi connectivity index (χ1) is 6.56. The third-order valence-corrected chi connectivity index (χ3v) is 2.34. The molecular formula is C11H13ClO2. The molecule has 0 amide bonds. The van der Waals surface area contributed by atoms with E-state index < -0.39 is 0 Å². The fraction of sp³-hybridized carbons (Fsp3) is 0.364. The first-order valence-electron chi connectivity index (χ1n) is 4.48. The van der Waals surface area contributed by atoms with Crippen molar-refractivity contribution in [2.24, 2.45) is 0 Å². The molecule has 0 saturated heterocycles. The molecule has 0 unspecified atom stereocenters. The number of hydrogen-bond donors (Lipinski definition) is 1. The average Bonchev–Trinajstić information content (AvgIpc) is 2.17. The molecule has 14 heavy (non-hydrogen) atoms. The minimum atomic E-state index is -0.117. The topological polar surface area (TPSA) is 37.3 Å². The molecule has 0 bridgehead atoms. The Kier molecular flexibility index (Phi) is 3.53. The van der Waals surface area contributed by atoms with Crippen molar-refractivity contribution in [2.45, 2.75) is 19.8 Å². The van der Waals surface area contributed by atoms with Crippen molar-refractivity contribution in [1.29, 1.82) is 0 Å². The molecule has 1 aromatic carbocycles.